The first-order valence-electron chi connectivity index (χ1n) is 11.6. The first-order valence-corrected chi connectivity index (χ1v) is 13.0. The predicted octanol–water partition coefficient (Wildman–Crippen LogP) is 1.96. The standard InChI is InChI=1S/C25H34N4O4S/c1-4-28-13-15-29(16-14-28)18-22-7-5-21(6-8-22)17-26-25(31)19-27(3)34(32,33)24-11-9-23(10-12-24)20(2)30/h5-12H,4,13-19H2,1-3H3,(H,26,31). The Balaban J connectivity index is 1.47. The van der Waals surface area contributed by atoms with E-state index in [-0.39, 0.29) is 23.1 Å². The molecular formula is C25H34N4O4S. The fraction of sp³-hybridized carbons (Fsp3) is 0.440. The van der Waals surface area contributed by atoms with Gasteiger partial charge >= 0.3 is 0 Å². The Bertz CT molecular complexity index is 1080. The lowest BCUT2D eigenvalue weighted by Gasteiger charge is -2.34. The number of rotatable bonds is 10. The number of hydrogen-bond donors (Lipinski definition) is 1. The molecule has 0 spiro atoms. The molecule has 0 atom stereocenters. The number of hydrogen-bond acceptors (Lipinski definition) is 6. The number of piperazine rings is 1. The van der Waals surface area contributed by atoms with Gasteiger partial charge in [-0.25, -0.2) is 8.42 Å². The van der Waals surface area contributed by atoms with Crippen LogP contribution in [0.25, 0.3) is 0 Å². The van der Waals surface area contributed by atoms with Gasteiger partial charge in [0.05, 0.1) is 11.4 Å². The van der Waals surface area contributed by atoms with Crippen LogP contribution < -0.4 is 5.32 Å². The topological polar surface area (TPSA) is 90.0 Å². The third kappa shape index (κ3) is 6.96. The van der Waals surface area contributed by atoms with Crippen molar-refractivity contribution < 1.29 is 18.0 Å². The maximum absolute atomic E-state index is 12.7. The highest BCUT2D eigenvalue weighted by molar-refractivity contribution is 7.89. The maximum atomic E-state index is 12.7. The molecule has 1 aliphatic rings. The van der Waals surface area contributed by atoms with Crippen molar-refractivity contribution in [2.75, 3.05) is 46.3 Å². The van der Waals surface area contributed by atoms with Crippen molar-refractivity contribution in [3.8, 4) is 0 Å². The summed E-state index contributed by atoms with van der Waals surface area (Å²) in [5.74, 6) is -0.524. The van der Waals surface area contributed by atoms with E-state index >= 15 is 0 Å². The molecule has 1 saturated heterocycles. The largest absolute Gasteiger partial charge is 0.351 e. The normalized spacial score (nSPS) is 15.4. The highest BCUT2D eigenvalue weighted by atomic mass is 32.2. The van der Waals surface area contributed by atoms with Crippen molar-refractivity contribution in [1.82, 2.24) is 19.4 Å². The fourth-order valence-corrected chi connectivity index (χ4v) is 5.00. The molecule has 0 aromatic heterocycles. The minimum absolute atomic E-state index is 0.0412. The Morgan fingerprint density at radius 3 is 2.03 bits per heavy atom. The van der Waals surface area contributed by atoms with E-state index in [1.165, 1.54) is 43.8 Å². The van der Waals surface area contributed by atoms with Crippen molar-refractivity contribution in [1.29, 1.82) is 0 Å². The molecule has 0 radical (unpaired) electrons. The van der Waals surface area contributed by atoms with E-state index in [1.54, 1.807) is 0 Å². The second-order valence-corrected chi connectivity index (χ2v) is 10.7. The lowest BCUT2D eigenvalue weighted by atomic mass is 10.1. The molecule has 1 heterocycles. The number of benzene rings is 2. The Morgan fingerprint density at radius 1 is 0.912 bits per heavy atom. The Kier molecular flexibility index (Phi) is 8.96. The summed E-state index contributed by atoms with van der Waals surface area (Å²) < 4.78 is 26.4. The molecule has 1 amide bonds. The zero-order valence-corrected chi connectivity index (χ0v) is 21.0. The van der Waals surface area contributed by atoms with Crippen LogP contribution >= 0.6 is 0 Å². The zero-order valence-electron chi connectivity index (χ0n) is 20.2. The van der Waals surface area contributed by atoms with E-state index in [0.29, 0.717) is 12.1 Å². The van der Waals surface area contributed by atoms with Gasteiger partial charge in [0.15, 0.2) is 5.78 Å². The zero-order chi connectivity index (χ0) is 24.7. The SMILES string of the molecule is CCN1CCN(Cc2ccc(CNC(=O)CN(C)S(=O)(=O)c3ccc(C(C)=O)cc3)cc2)CC1. The third-order valence-corrected chi connectivity index (χ3v) is 7.98. The molecule has 1 aliphatic heterocycles. The van der Waals surface area contributed by atoms with Crippen LogP contribution in [0.3, 0.4) is 0 Å². The van der Waals surface area contributed by atoms with Gasteiger partial charge in [0.25, 0.3) is 0 Å². The summed E-state index contributed by atoms with van der Waals surface area (Å²) in [6, 6.07) is 13.8. The van der Waals surface area contributed by atoms with Gasteiger partial charge in [0, 0.05) is 51.9 Å². The van der Waals surface area contributed by atoms with Crippen LogP contribution in [0.2, 0.25) is 0 Å². The van der Waals surface area contributed by atoms with Crippen LogP contribution in [0.1, 0.15) is 35.3 Å². The number of amides is 1. The van der Waals surface area contributed by atoms with Crippen LogP contribution in [-0.4, -0.2) is 80.5 Å². The predicted molar refractivity (Wildman–Crippen MR) is 132 cm³/mol. The summed E-state index contributed by atoms with van der Waals surface area (Å²) in [7, 11) is -2.47. The number of likely N-dealkylation sites (N-methyl/N-ethyl adjacent to an activating group) is 2. The van der Waals surface area contributed by atoms with Crippen molar-refractivity contribution in [2.24, 2.45) is 0 Å². The molecule has 2 aromatic carbocycles. The molecule has 0 saturated carbocycles. The summed E-state index contributed by atoms with van der Waals surface area (Å²) in [6.07, 6.45) is 0. The van der Waals surface area contributed by atoms with Gasteiger partial charge in [-0.05, 0) is 36.7 Å². The van der Waals surface area contributed by atoms with Crippen LogP contribution in [0.5, 0.6) is 0 Å². The lowest BCUT2D eigenvalue weighted by Crippen LogP contribution is -2.45. The Hall–Kier alpha value is -2.59. The van der Waals surface area contributed by atoms with E-state index in [1.807, 2.05) is 12.1 Å². The second kappa shape index (κ2) is 11.7. The van der Waals surface area contributed by atoms with E-state index in [9.17, 15) is 18.0 Å². The quantitative estimate of drug-likeness (QED) is 0.517. The highest BCUT2D eigenvalue weighted by Gasteiger charge is 2.23. The van der Waals surface area contributed by atoms with Gasteiger partial charge < -0.3 is 10.2 Å². The molecule has 3 rings (SSSR count). The number of sulfonamides is 1. The van der Waals surface area contributed by atoms with Crippen LogP contribution in [0, 0.1) is 0 Å². The summed E-state index contributed by atoms with van der Waals surface area (Å²) in [4.78, 5) is 28.7. The first-order chi connectivity index (χ1) is 16.2. The molecule has 0 unspecified atom stereocenters. The van der Waals surface area contributed by atoms with Crippen molar-refractivity contribution in [3.05, 3.63) is 65.2 Å². The molecule has 9 heteroatoms. The molecule has 2 aromatic rings. The third-order valence-electron chi connectivity index (χ3n) is 6.17. The van der Waals surface area contributed by atoms with Gasteiger partial charge in [-0.3, -0.25) is 14.5 Å². The number of nitrogens with zero attached hydrogens (tertiary/aromatic N) is 3. The van der Waals surface area contributed by atoms with Gasteiger partial charge in [-0.15, -0.1) is 0 Å². The fourth-order valence-electron chi connectivity index (χ4n) is 3.87. The minimum atomic E-state index is -3.83. The first kappa shape index (κ1) is 26.0. The molecule has 0 bridgehead atoms. The monoisotopic (exact) mass is 486 g/mol. The summed E-state index contributed by atoms with van der Waals surface area (Å²) in [6.45, 7) is 10.0. The Labute approximate surface area is 202 Å². The van der Waals surface area contributed by atoms with Gasteiger partial charge in [-0.2, -0.15) is 4.31 Å². The van der Waals surface area contributed by atoms with Crippen LogP contribution in [-0.2, 0) is 27.9 Å². The van der Waals surface area contributed by atoms with Crippen LogP contribution in [0.15, 0.2) is 53.4 Å². The van der Waals surface area contributed by atoms with Crippen molar-refractivity contribution in [2.45, 2.75) is 31.8 Å². The van der Waals surface area contributed by atoms with E-state index < -0.39 is 10.0 Å². The van der Waals surface area contributed by atoms with E-state index in [0.717, 1.165) is 49.1 Å². The number of nitrogens with one attached hydrogen (secondary N) is 1. The van der Waals surface area contributed by atoms with Gasteiger partial charge in [0.1, 0.15) is 0 Å². The van der Waals surface area contributed by atoms with Crippen molar-refractivity contribution in [3.63, 3.8) is 0 Å². The number of carbonyl (C=O) groups excluding carboxylic acids is 2. The Morgan fingerprint density at radius 2 is 1.47 bits per heavy atom. The molecule has 1 N–H and O–H groups in total. The molecular weight excluding hydrogens is 452 g/mol. The minimum Gasteiger partial charge on any atom is -0.351 e. The number of Topliss-reactive ketones (excluding diaryl/α,β-unsaturated/α-hetero) is 1. The summed E-state index contributed by atoms with van der Waals surface area (Å²) in [5.41, 5.74) is 2.63. The lowest BCUT2D eigenvalue weighted by molar-refractivity contribution is -0.121. The van der Waals surface area contributed by atoms with Crippen LogP contribution in [0.4, 0.5) is 0 Å². The van der Waals surface area contributed by atoms with Crippen molar-refractivity contribution >= 4 is 21.7 Å². The second-order valence-electron chi connectivity index (χ2n) is 8.65. The van der Waals surface area contributed by atoms with E-state index in [4.69, 9.17) is 0 Å². The molecule has 1 fully saturated rings. The average molecular weight is 487 g/mol. The molecule has 184 valence electrons. The number of ketones is 1. The van der Waals surface area contributed by atoms with Gasteiger partial charge in [0.2, 0.25) is 15.9 Å². The summed E-state index contributed by atoms with van der Waals surface area (Å²) in [5, 5.41) is 2.78. The smallest absolute Gasteiger partial charge is 0.243 e. The number of carbonyl (C=O) groups is 2. The highest BCUT2D eigenvalue weighted by Crippen LogP contribution is 2.15. The summed E-state index contributed by atoms with van der Waals surface area (Å²) >= 11 is 0. The molecule has 8 nitrogen and oxygen atoms in total. The average Bonchev–Trinajstić information content (AvgIpc) is 2.84. The van der Waals surface area contributed by atoms with Gasteiger partial charge in [-0.1, -0.05) is 43.3 Å². The maximum Gasteiger partial charge on any atom is 0.243 e. The molecule has 34 heavy (non-hydrogen) atoms. The van der Waals surface area contributed by atoms with E-state index in [2.05, 4.69) is 34.2 Å². The molecule has 0 aliphatic carbocycles.